The number of hydrogen-bond donors (Lipinski definition) is 0. The molecule has 1 saturated heterocycles. The second kappa shape index (κ2) is 7.21. The first-order valence-corrected chi connectivity index (χ1v) is 8.62. The third kappa shape index (κ3) is 3.53. The summed E-state index contributed by atoms with van der Waals surface area (Å²) in [6, 6.07) is 3.81. The molecule has 1 aliphatic heterocycles. The summed E-state index contributed by atoms with van der Waals surface area (Å²) < 4.78 is 4.13. The van der Waals surface area contributed by atoms with Gasteiger partial charge in [-0.3, -0.25) is 4.79 Å². The Balaban J connectivity index is 1.71. The molecule has 3 rings (SSSR count). The summed E-state index contributed by atoms with van der Waals surface area (Å²) in [7, 11) is 6.08. The van der Waals surface area contributed by atoms with Gasteiger partial charge in [0.1, 0.15) is 11.5 Å². The van der Waals surface area contributed by atoms with E-state index < -0.39 is 0 Å². The van der Waals surface area contributed by atoms with Crippen molar-refractivity contribution < 1.29 is 4.79 Å². The van der Waals surface area contributed by atoms with E-state index in [0.29, 0.717) is 5.92 Å². The molecule has 1 fully saturated rings. The van der Waals surface area contributed by atoms with E-state index in [1.807, 2.05) is 41.0 Å². The maximum absolute atomic E-state index is 12.8. The highest BCUT2D eigenvalue weighted by atomic mass is 16.2. The van der Waals surface area contributed by atoms with E-state index in [4.69, 9.17) is 0 Å². The number of nitrogens with zero attached hydrogens (tertiary/aromatic N) is 5. The Bertz CT molecular complexity index is 687. The van der Waals surface area contributed by atoms with Crippen LogP contribution < -0.4 is 0 Å². The predicted octanol–water partition coefficient (Wildman–Crippen LogP) is 1.80. The first-order valence-electron chi connectivity index (χ1n) is 8.62. The summed E-state index contributed by atoms with van der Waals surface area (Å²) in [6.45, 7) is 3.51. The third-order valence-corrected chi connectivity index (χ3v) is 4.77. The van der Waals surface area contributed by atoms with Gasteiger partial charge in [-0.1, -0.05) is 0 Å². The molecule has 6 heteroatoms. The largest absolute Gasteiger partial charge is 0.347 e. The van der Waals surface area contributed by atoms with E-state index in [1.54, 1.807) is 0 Å². The lowest BCUT2D eigenvalue weighted by molar-refractivity contribution is 0.0693. The minimum absolute atomic E-state index is 0.124. The van der Waals surface area contributed by atoms with Gasteiger partial charge >= 0.3 is 0 Å². The van der Waals surface area contributed by atoms with Crippen LogP contribution in [0.3, 0.4) is 0 Å². The van der Waals surface area contributed by atoms with Crippen LogP contribution in [0.4, 0.5) is 0 Å². The number of likely N-dealkylation sites (tertiary alicyclic amines) is 1. The zero-order chi connectivity index (χ0) is 17.1. The van der Waals surface area contributed by atoms with Crippen LogP contribution in [-0.2, 0) is 13.6 Å². The maximum atomic E-state index is 12.8. The van der Waals surface area contributed by atoms with Gasteiger partial charge in [0, 0.05) is 57.7 Å². The molecular formula is C18H27N5O. The predicted molar refractivity (Wildman–Crippen MR) is 94.1 cm³/mol. The minimum atomic E-state index is 0.124. The normalized spacial score (nSPS) is 18.3. The van der Waals surface area contributed by atoms with E-state index in [-0.39, 0.29) is 5.91 Å². The molecule has 24 heavy (non-hydrogen) atoms. The van der Waals surface area contributed by atoms with Gasteiger partial charge in [0.25, 0.3) is 5.91 Å². The smallest absolute Gasteiger partial charge is 0.270 e. The SMILES string of the molecule is CN(C)CCn1ccnc1[C@H]1CCCN(C(=O)c2cccn2C)C1. The summed E-state index contributed by atoms with van der Waals surface area (Å²) in [5.74, 6) is 1.56. The van der Waals surface area contributed by atoms with Gasteiger partial charge < -0.3 is 18.9 Å². The number of aryl methyl sites for hydroxylation is 1. The highest BCUT2D eigenvalue weighted by Gasteiger charge is 2.28. The molecule has 0 N–H and O–H groups in total. The van der Waals surface area contributed by atoms with Crippen LogP contribution in [0.25, 0.3) is 0 Å². The summed E-state index contributed by atoms with van der Waals surface area (Å²) in [4.78, 5) is 21.5. The van der Waals surface area contributed by atoms with Crippen LogP contribution in [0.1, 0.15) is 35.1 Å². The standard InChI is InChI=1S/C18H27N5O/c1-20(2)12-13-22-11-8-19-17(22)15-6-4-10-23(14-15)18(24)16-7-5-9-21(16)3/h5,7-9,11,15H,4,6,10,12-14H2,1-3H3/t15-/m0/s1. The molecule has 130 valence electrons. The van der Waals surface area contributed by atoms with E-state index in [2.05, 4.69) is 34.7 Å². The summed E-state index contributed by atoms with van der Waals surface area (Å²) in [6.07, 6.45) is 7.97. The molecule has 6 nitrogen and oxygen atoms in total. The second-order valence-corrected chi connectivity index (χ2v) is 6.88. The first-order chi connectivity index (χ1) is 11.6. The van der Waals surface area contributed by atoms with Crippen molar-refractivity contribution in [1.29, 1.82) is 0 Å². The molecule has 0 spiro atoms. The number of carbonyl (C=O) groups excluding carboxylic acids is 1. The molecule has 1 aliphatic rings. The number of amides is 1. The Labute approximate surface area is 143 Å². The van der Waals surface area contributed by atoms with Crippen molar-refractivity contribution in [3.05, 3.63) is 42.2 Å². The lowest BCUT2D eigenvalue weighted by Crippen LogP contribution is -2.40. The number of hydrogen-bond acceptors (Lipinski definition) is 3. The lowest BCUT2D eigenvalue weighted by atomic mass is 9.96. The average molecular weight is 329 g/mol. The van der Waals surface area contributed by atoms with Gasteiger partial charge in [-0.2, -0.15) is 0 Å². The number of rotatable bonds is 5. The van der Waals surface area contributed by atoms with Crippen molar-refractivity contribution >= 4 is 5.91 Å². The van der Waals surface area contributed by atoms with E-state index in [9.17, 15) is 4.79 Å². The Morgan fingerprint density at radius 1 is 1.38 bits per heavy atom. The minimum Gasteiger partial charge on any atom is -0.347 e. The molecule has 1 atom stereocenters. The quantitative estimate of drug-likeness (QED) is 0.840. The molecule has 1 amide bonds. The number of carbonyl (C=O) groups is 1. The molecular weight excluding hydrogens is 302 g/mol. The monoisotopic (exact) mass is 329 g/mol. The van der Waals surface area contributed by atoms with E-state index in [0.717, 1.165) is 50.5 Å². The second-order valence-electron chi connectivity index (χ2n) is 6.88. The third-order valence-electron chi connectivity index (χ3n) is 4.77. The van der Waals surface area contributed by atoms with Gasteiger partial charge in [-0.05, 0) is 39.1 Å². The zero-order valence-corrected chi connectivity index (χ0v) is 14.9. The van der Waals surface area contributed by atoms with Crippen LogP contribution >= 0.6 is 0 Å². The highest BCUT2D eigenvalue weighted by molar-refractivity contribution is 5.92. The van der Waals surface area contributed by atoms with Gasteiger partial charge in [-0.25, -0.2) is 4.98 Å². The van der Waals surface area contributed by atoms with Crippen LogP contribution in [0.5, 0.6) is 0 Å². The number of likely N-dealkylation sites (N-methyl/N-ethyl adjacent to an activating group) is 1. The zero-order valence-electron chi connectivity index (χ0n) is 14.9. The van der Waals surface area contributed by atoms with Crippen LogP contribution in [0.15, 0.2) is 30.7 Å². The molecule has 0 aliphatic carbocycles. The summed E-state index contributed by atoms with van der Waals surface area (Å²) in [5.41, 5.74) is 0.756. The van der Waals surface area contributed by atoms with Gasteiger partial charge in [0.15, 0.2) is 0 Å². The number of aromatic nitrogens is 3. The number of imidazole rings is 1. The van der Waals surface area contributed by atoms with Gasteiger partial charge in [-0.15, -0.1) is 0 Å². The van der Waals surface area contributed by atoms with Crippen molar-refractivity contribution in [2.45, 2.75) is 25.3 Å². The average Bonchev–Trinajstić information content (AvgIpc) is 3.21. The van der Waals surface area contributed by atoms with Crippen LogP contribution in [-0.4, -0.2) is 63.6 Å². The first kappa shape index (κ1) is 16.8. The van der Waals surface area contributed by atoms with Crippen LogP contribution in [0, 0.1) is 0 Å². The van der Waals surface area contributed by atoms with E-state index in [1.165, 1.54) is 0 Å². The molecule has 0 unspecified atom stereocenters. The van der Waals surface area contributed by atoms with Crippen molar-refractivity contribution in [1.82, 2.24) is 23.9 Å². The Hall–Kier alpha value is -2.08. The van der Waals surface area contributed by atoms with Crippen molar-refractivity contribution in [3.63, 3.8) is 0 Å². The molecule has 2 aromatic heterocycles. The summed E-state index contributed by atoms with van der Waals surface area (Å²) >= 11 is 0. The van der Waals surface area contributed by atoms with Crippen LogP contribution in [0.2, 0.25) is 0 Å². The Morgan fingerprint density at radius 2 is 2.21 bits per heavy atom. The topological polar surface area (TPSA) is 46.3 Å². The fourth-order valence-electron chi connectivity index (χ4n) is 3.40. The molecule has 0 bridgehead atoms. The molecule has 3 heterocycles. The van der Waals surface area contributed by atoms with Crippen molar-refractivity contribution in [3.8, 4) is 0 Å². The molecule has 0 aromatic carbocycles. The molecule has 2 aromatic rings. The summed E-state index contributed by atoms with van der Waals surface area (Å²) in [5, 5.41) is 0. The van der Waals surface area contributed by atoms with Crippen molar-refractivity contribution in [2.75, 3.05) is 33.7 Å². The Kier molecular flexibility index (Phi) is 5.04. The Morgan fingerprint density at radius 3 is 2.92 bits per heavy atom. The maximum Gasteiger partial charge on any atom is 0.270 e. The number of piperidine rings is 1. The lowest BCUT2D eigenvalue weighted by Gasteiger charge is -2.33. The van der Waals surface area contributed by atoms with E-state index >= 15 is 0 Å². The fraction of sp³-hybridized carbons (Fsp3) is 0.556. The van der Waals surface area contributed by atoms with Gasteiger partial charge in [0.05, 0.1) is 0 Å². The molecule has 0 saturated carbocycles. The van der Waals surface area contributed by atoms with Crippen molar-refractivity contribution in [2.24, 2.45) is 7.05 Å². The van der Waals surface area contributed by atoms with Gasteiger partial charge in [0.2, 0.25) is 0 Å². The fourth-order valence-corrected chi connectivity index (χ4v) is 3.40. The molecule has 0 radical (unpaired) electrons. The highest BCUT2D eigenvalue weighted by Crippen LogP contribution is 2.26.